The van der Waals surface area contributed by atoms with E-state index in [-0.39, 0.29) is 6.10 Å². The summed E-state index contributed by atoms with van der Waals surface area (Å²) in [5, 5.41) is 9.47. The number of carbonyl (C=O) groups excluding carboxylic acids is 2. The molecule has 1 atom stereocenters. The van der Waals surface area contributed by atoms with Gasteiger partial charge in [0.1, 0.15) is 0 Å². The quantitative estimate of drug-likeness (QED) is 0.437. The maximum absolute atomic E-state index is 13.4. The van der Waals surface area contributed by atoms with Crippen molar-refractivity contribution in [2.24, 2.45) is 0 Å². The normalized spacial score (nSPS) is 16.0. The van der Waals surface area contributed by atoms with E-state index >= 15 is 0 Å². The molecule has 170 valence electrons. The molecule has 1 aliphatic rings. The molecule has 0 saturated heterocycles. The van der Waals surface area contributed by atoms with Gasteiger partial charge < -0.3 is 0 Å². The molecule has 0 amide bonds. The van der Waals surface area contributed by atoms with Gasteiger partial charge in [-0.15, -0.1) is 0 Å². The van der Waals surface area contributed by atoms with Gasteiger partial charge in [0.15, 0.2) is 0 Å². The van der Waals surface area contributed by atoms with Crippen molar-refractivity contribution < 1.29 is 19.1 Å². The molecular weight excluding hydrogens is 483 g/mol. The average molecular weight is 509 g/mol. The molecular formula is C26H26N2O4Se. The van der Waals surface area contributed by atoms with E-state index in [1.165, 1.54) is 7.11 Å². The summed E-state index contributed by atoms with van der Waals surface area (Å²) in [7, 11) is 1.32. The molecule has 2 aromatic rings. The second kappa shape index (κ2) is 10.5. The zero-order chi connectivity index (χ0) is 24.1. The van der Waals surface area contributed by atoms with Crippen LogP contribution in [-0.4, -0.2) is 51.5 Å². The third-order valence-corrected chi connectivity index (χ3v) is 6.00. The third-order valence-electron chi connectivity index (χ3n) is 5.40. The van der Waals surface area contributed by atoms with Crippen molar-refractivity contribution in [3.8, 4) is 6.07 Å². The first-order valence-electron chi connectivity index (χ1n) is 10.5. The van der Waals surface area contributed by atoms with Crippen LogP contribution < -0.4 is 0 Å². The number of ether oxygens (including phenoxy) is 2. The summed E-state index contributed by atoms with van der Waals surface area (Å²) >= 11 is 2.48. The Hall–Kier alpha value is -3.33. The van der Waals surface area contributed by atoms with E-state index in [0.29, 0.717) is 39.1 Å². The molecule has 0 aromatic heterocycles. The standard InChI is InChI=1S/C26H26N2O4Se/c1-16(2)32-26(30)21-17(3)28(15-33)24(19-10-6-5-7-11-19)23(25(29)31-4)22(21)20-12-8-9-18(13-20)14-27/h5-13,16,22,33H,15H2,1-4H3. The molecule has 7 heteroatoms. The van der Waals surface area contributed by atoms with E-state index in [0.717, 1.165) is 5.56 Å². The van der Waals surface area contributed by atoms with Gasteiger partial charge in [0, 0.05) is 0 Å². The van der Waals surface area contributed by atoms with Crippen LogP contribution in [-0.2, 0) is 19.1 Å². The van der Waals surface area contributed by atoms with E-state index in [9.17, 15) is 14.9 Å². The van der Waals surface area contributed by atoms with Crippen LogP contribution >= 0.6 is 0 Å². The number of carbonyl (C=O) groups is 2. The number of hydrogen-bond acceptors (Lipinski definition) is 6. The summed E-state index contributed by atoms with van der Waals surface area (Å²) in [5.74, 6) is -1.81. The van der Waals surface area contributed by atoms with Crippen molar-refractivity contribution in [1.29, 1.82) is 5.26 Å². The van der Waals surface area contributed by atoms with Gasteiger partial charge in [-0.3, -0.25) is 0 Å². The first-order chi connectivity index (χ1) is 15.8. The van der Waals surface area contributed by atoms with Crippen molar-refractivity contribution in [3.63, 3.8) is 0 Å². The van der Waals surface area contributed by atoms with E-state index in [1.807, 2.05) is 48.2 Å². The number of rotatable bonds is 6. The Morgan fingerprint density at radius 3 is 2.36 bits per heavy atom. The van der Waals surface area contributed by atoms with Crippen LogP contribution in [0.5, 0.6) is 0 Å². The van der Waals surface area contributed by atoms with Crippen molar-refractivity contribution in [3.05, 3.63) is 88.1 Å². The first-order valence-corrected chi connectivity index (χ1v) is 11.8. The second-order valence-corrected chi connectivity index (χ2v) is 8.41. The molecule has 0 fully saturated rings. The monoisotopic (exact) mass is 510 g/mol. The predicted octanol–water partition coefficient (Wildman–Crippen LogP) is 3.63. The predicted molar refractivity (Wildman–Crippen MR) is 127 cm³/mol. The summed E-state index contributed by atoms with van der Waals surface area (Å²) < 4.78 is 10.8. The van der Waals surface area contributed by atoms with Crippen LogP contribution in [0.4, 0.5) is 0 Å². The van der Waals surface area contributed by atoms with E-state index < -0.39 is 17.9 Å². The number of hydrogen-bond donors (Lipinski definition) is 0. The Morgan fingerprint density at radius 1 is 1.09 bits per heavy atom. The van der Waals surface area contributed by atoms with Gasteiger partial charge in [0.05, 0.1) is 0 Å². The molecule has 1 heterocycles. The van der Waals surface area contributed by atoms with E-state index in [2.05, 4.69) is 22.1 Å². The van der Waals surface area contributed by atoms with Crippen LogP contribution in [0.1, 0.15) is 43.4 Å². The zero-order valence-electron chi connectivity index (χ0n) is 19.0. The molecule has 33 heavy (non-hydrogen) atoms. The number of methoxy groups -OCH3 is 1. The Bertz CT molecular complexity index is 1160. The molecule has 6 nitrogen and oxygen atoms in total. The van der Waals surface area contributed by atoms with Gasteiger partial charge in [-0.2, -0.15) is 0 Å². The summed E-state index contributed by atoms with van der Waals surface area (Å²) in [6.45, 7) is 5.41. The number of benzene rings is 2. The minimum absolute atomic E-state index is 0.325. The molecule has 0 spiro atoms. The van der Waals surface area contributed by atoms with Crippen LogP contribution in [0.15, 0.2) is 71.4 Å². The van der Waals surface area contributed by atoms with E-state index in [4.69, 9.17) is 9.47 Å². The Balaban J connectivity index is 2.41. The molecule has 0 aliphatic carbocycles. The molecule has 1 aliphatic heterocycles. The average Bonchev–Trinajstić information content (AvgIpc) is 2.82. The molecule has 0 radical (unpaired) electrons. The number of nitriles is 1. The molecule has 2 aromatic carbocycles. The van der Waals surface area contributed by atoms with Crippen molar-refractivity contribution in [1.82, 2.24) is 4.90 Å². The van der Waals surface area contributed by atoms with Gasteiger partial charge in [-0.25, -0.2) is 0 Å². The maximum atomic E-state index is 13.4. The summed E-state index contributed by atoms with van der Waals surface area (Å²) in [6.07, 6.45) is -0.337. The zero-order valence-corrected chi connectivity index (χ0v) is 20.9. The molecule has 1 unspecified atom stereocenters. The van der Waals surface area contributed by atoms with Crippen molar-refractivity contribution in [2.75, 3.05) is 12.6 Å². The summed E-state index contributed by atoms with van der Waals surface area (Å²) in [5.41, 5.74) is 4.38. The Morgan fingerprint density at radius 2 is 1.79 bits per heavy atom. The fourth-order valence-electron chi connectivity index (χ4n) is 4.02. The molecule has 0 N–H and O–H groups in total. The number of nitrogens with zero attached hydrogens (tertiary/aromatic N) is 2. The molecule has 0 bridgehead atoms. The third kappa shape index (κ3) is 4.88. The van der Waals surface area contributed by atoms with Crippen LogP contribution in [0.25, 0.3) is 5.70 Å². The Labute approximate surface area is 202 Å². The van der Waals surface area contributed by atoms with Crippen LogP contribution in [0, 0.1) is 11.3 Å². The van der Waals surface area contributed by atoms with Gasteiger partial charge in [-0.1, -0.05) is 0 Å². The molecule has 0 saturated carbocycles. The second-order valence-electron chi connectivity index (χ2n) is 7.81. The number of esters is 2. The summed E-state index contributed by atoms with van der Waals surface area (Å²) in [4.78, 5) is 28.6. The van der Waals surface area contributed by atoms with Gasteiger partial charge in [0.25, 0.3) is 0 Å². The topological polar surface area (TPSA) is 79.6 Å². The van der Waals surface area contributed by atoms with Gasteiger partial charge >= 0.3 is 202 Å². The Kier molecular flexibility index (Phi) is 7.75. The fraction of sp³-hybridized carbons (Fsp3) is 0.269. The van der Waals surface area contributed by atoms with Gasteiger partial charge in [-0.05, 0) is 0 Å². The van der Waals surface area contributed by atoms with Crippen molar-refractivity contribution >= 4 is 33.6 Å². The number of allylic oxidation sites excluding steroid dienone is 1. The van der Waals surface area contributed by atoms with Crippen LogP contribution in [0.2, 0.25) is 0 Å². The first kappa shape index (κ1) is 24.3. The van der Waals surface area contributed by atoms with Crippen LogP contribution in [0.3, 0.4) is 0 Å². The fourth-order valence-corrected chi connectivity index (χ4v) is 4.76. The van der Waals surface area contributed by atoms with Gasteiger partial charge in [0.2, 0.25) is 0 Å². The van der Waals surface area contributed by atoms with E-state index in [1.54, 1.807) is 32.0 Å². The molecule has 3 rings (SSSR count). The minimum atomic E-state index is -0.762. The summed E-state index contributed by atoms with van der Waals surface area (Å²) in [6, 6.07) is 18.6. The SMILES string of the molecule is COC(=O)C1=C(c2ccccc2)N(C[SeH])C(C)=C(C(=O)OC(C)C)C1c1cccc(C#N)c1. The van der Waals surface area contributed by atoms with Crippen molar-refractivity contribution in [2.45, 2.75) is 32.8 Å².